The highest BCUT2D eigenvalue weighted by Crippen LogP contribution is 2.28. The molecule has 0 aliphatic rings. The number of nitrogens with zero attached hydrogens (tertiary/aromatic N) is 1. The van der Waals surface area contributed by atoms with Gasteiger partial charge in [-0.15, -0.1) is 0 Å². The zero-order valence-corrected chi connectivity index (χ0v) is 21.0. The highest BCUT2D eigenvalue weighted by molar-refractivity contribution is 5.92. The number of nitrogens with two attached hydrogens (primary N) is 2. The van der Waals surface area contributed by atoms with E-state index in [1.807, 2.05) is 31.2 Å². The molecule has 1 aromatic heterocycles. The number of anilines is 1. The minimum atomic E-state index is -1.34. The van der Waals surface area contributed by atoms with E-state index in [1.54, 1.807) is 13.3 Å². The number of hydrogen-bond acceptors (Lipinski definition) is 8. The first-order valence-electron chi connectivity index (χ1n) is 12.2. The van der Waals surface area contributed by atoms with Crippen LogP contribution in [-0.4, -0.2) is 66.2 Å². The van der Waals surface area contributed by atoms with Crippen molar-refractivity contribution in [3.8, 4) is 5.75 Å². The molecule has 2 amide bonds. The van der Waals surface area contributed by atoms with Crippen LogP contribution in [0, 0.1) is 0 Å². The third-order valence-electron chi connectivity index (χ3n) is 5.76. The molecule has 36 heavy (non-hydrogen) atoms. The van der Waals surface area contributed by atoms with Crippen LogP contribution in [0.25, 0.3) is 10.9 Å². The van der Waals surface area contributed by atoms with Gasteiger partial charge in [0.2, 0.25) is 11.8 Å². The van der Waals surface area contributed by atoms with E-state index in [0.29, 0.717) is 32.4 Å². The molecule has 3 atom stereocenters. The third-order valence-corrected chi connectivity index (χ3v) is 5.76. The lowest BCUT2D eigenvalue weighted by molar-refractivity contribution is -0.143. The first-order chi connectivity index (χ1) is 17.2. The van der Waals surface area contributed by atoms with Gasteiger partial charge in [0.05, 0.1) is 30.8 Å². The van der Waals surface area contributed by atoms with Crippen molar-refractivity contribution in [2.75, 3.05) is 25.5 Å². The highest BCUT2D eigenvalue weighted by atomic mass is 16.5. The van der Waals surface area contributed by atoms with Gasteiger partial charge in [0.15, 0.2) is 0 Å². The minimum absolute atomic E-state index is 0.0889. The summed E-state index contributed by atoms with van der Waals surface area (Å²) in [5, 5.41) is 18.9. The maximum absolute atomic E-state index is 12.3. The second-order valence-corrected chi connectivity index (χ2v) is 8.78. The lowest BCUT2D eigenvalue weighted by Crippen LogP contribution is -2.50. The largest absolute Gasteiger partial charge is 0.497 e. The second kappa shape index (κ2) is 14.8. The van der Waals surface area contributed by atoms with Gasteiger partial charge in [-0.25, -0.2) is 4.79 Å². The standard InChI is InChI=1S/C25H38N6O5/c1-16(30-20-14-18(36-2)13-17-8-6-12-29-23(17)20)7-5-11-28-22(32)15-21(25(34)35)31-24(33)19(27)9-3-4-10-26/h6,8,12-14,16,19,21,30H,3-5,7,9-11,15,26-27H2,1-2H3,(H,28,32)(H,31,33)(H,34,35)/t16?,19-,21?/m1/s1. The number of carbonyl (C=O) groups is 3. The summed E-state index contributed by atoms with van der Waals surface area (Å²) in [7, 11) is 1.62. The fourth-order valence-electron chi connectivity index (χ4n) is 3.74. The van der Waals surface area contributed by atoms with Gasteiger partial charge in [-0.2, -0.15) is 0 Å². The number of carbonyl (C=O) groups excluding carboxylic acids is 2. The van der Waals surface area contributed by atoms with E-state index in [2.05, 4.69) is 20.9 Å². The number of rotatable bonds is 16. The monoisotopic (exact) mass is 502 g/mol. The molecule has 11 heteroatoms. The van der Waals surface area contributed by atoms with E-state index in [-0.39, 0.29) is 12.5 Å². The number of ether oxygens (including phenoxy) is 1. The number of hydrogen-bond donors (Lipinski definition) is 6. The number of aromatic nitrogens is 1. The fraction of sp³-hybridized carbons (Fsp3) is 0.520. The average molecular weight is 503 g/mol. The Hall–Kier alpha value is -3.44. The van der Waals surface area contributed by atoms with E-state index < -0.39 is 29.9 Å². The minimum Gasteiger partial charge on any atom is -0.497 e. The van der Waals surface area contributed by atoms with Gasteiger partial charge in [0.25, 0.3) is 0 Å². The van der Waals surface area contributed by atoms with Crippen LogP contribution in [0.15, 0.2) is 30.5 Å². The molecule has 0 saturated heterocycles. The van der Waals surface area contributed by atoms with Crippen LogP contribution in [0.2, 0.25) is 0 Å². The molecular weight excluding hydrogens is 464 g/mol. The zero-order valence-electron chi connectivity index (χ0n) is 21.0. The predicted octanol–water partition coefficient (Wildman–Crippen LogP) is 1.36. The highest BCUT2D eigenvalue weighted by Gasteiger charge is 2.25. The van der Waals surface area contributed by atoms with Crippen LogP contribution >= 0.6 is 0 Å². The fourth-order valence-corrected chi connectivity index (χ4v) is 3.74. The van der Waals surface area contributed by atoms with Crippen molar-refractivity contribution < 1.29 is 24.2 Å². The lowest BCUT2D eigenvalue weighted by atomic mass is 10.1. The summed E-state index contributed by atoms with van der Waals surface area (Å²) in [6.45, 7) is 2.90. The Morgan fingerprint density at radius 1 is 1.17 bits per heavy atom. The zero-order chi connectivity index (χ0) is 26.5. The molecule has 0 fully saturated rings. The number of fused-ring (bicyclic) bond motifs is 1. The lowest BCUT2D eigenvalue weighted by Gasteiger charge is -2.19. The molecule has 0 bridgehead atoms. The maximum Gasteiger partial charge on any atom is 0.326 e. The number of carboxylic acids is 1. The summed E-state index contributed by atoms with van der Waals surface area (Å²) in [5.41, 5.74) is 12.9. The molecule has 0 saturated carbocycles. The number of methoxy groups -OCH3 is 1. The van der Waals surface area contributed by atoms with Crippen molar-refractivity contribution in [1.82, 2.24) is 15.6 Å². The van der Waals surface area contributed by atoms with Gasteiger partial charge in [-0.05, 0) is 51.3 Å². The van der Waals surface area contributed by atoms with Gasteiger partial charge < -0.3 is 37.3 Å². The quantitative estimate of drug-likeness (QED) is 0.185. The topological polar surface area (TPSA) is 182 Å². The smallest absolute Gasteiger partial charge is 0.326 e. The van der Waals surface area contributed by atoms with Crippen molar-refractivity contribution in [3.63, 3.8) is 0 Å². The van der Waals surface area contributed by atoms with Gasteiger partial charge in [0, 0.05) is 30.2 Å². The molecular formula is C25H38N6O5. The van der Waals surface area contributed by atoms with E-state index in [1.165, 1.54) is 0 Å². The number of pyridine rings is 1. The summed E-state index contributed by atoms with van der Waals surface area (Å²) in [6, 6.07) is 5.58. The SMILES string of the molecule is COc1cc(NC(C)CCCNC(=O)CC(NC(=O)[C@H](N)CCCCN)C(=O)O)c2ncccc2c1. The summed E-state index contributed by atoms with van der Waals surface area (Å²) in [4.78, 5) is 40.4. The van der Waals surface area contributed by atoms with Crippen LogP contribution in [-0.2, 0) is 14.4 Å². The Labute approximate surface area is 211 Å². The number of benzene rings is 1. The van der Waals surface area contributed by atoms with Crippen molar-refractivity contribution in [3.05, 3.63) is 30.5 Å². The van der Waals surface area contributed by atoms with Crippen molar-refractivity contribution in [2.45, 2.75) is 63.6 Å². The number of nitrogens with one attached hydrogen (secondary N) is 3. The molecule has 11 nitrogen and oxygen atoms in total. The molecule has 0 aliphatic heterocycles. The van der Waals surface area contributed by atoms with E-state index in [9.17, 15) is 19.5 Å². The van der Waals surface area contributed by atoms with Gasteiger partial charge >= 0.3 is 5.97 Å². The number of amides is 2. The van der Waals surface area contributed by atoms with Crippen LogP contribution in [0.4, 0.5) is 5.69 Å². The van der Waals surface area contributed by atoms with Crippen molar-refractivity contribution in [2.24, 2.45) is 11.5 Å². The molecule has 1 aromatic carbocycles. The molecule has 0 spiro atoms. The normalized spacial score (nSPS) is 13.4. The molecule has 2 unspecified atom stereocenters. The predicted molar refractivity (Wildman–Crippen MR) is 139 cm³/mol. The number of aliphatic carboxylic acids is 1. The Morgan fingerprint density at radius 3 is 2.64 bits per heavy atom. The summed E-state index contributed by atoms with van der Waals surface area (Å²) < 4.78 is 5.38. The van der Waals surface area contributed by atoms with Crippen LogP contribution in [0.3, 0.4) is 0 Å². The van der Waals surface area contributed by atoms with Gasteiger partial charge in [-0.3, -0.25) is 14.6 Å². The summed E-state index contributed by atoms with van der Waals surface area (Å²) in [5.74, 6) is -1.60. The molecule has 8 N–H and O–H groups in total. The van der Waals surface area contributed by atoms with Crippen LogP contribution in [0.1, 0.15) is 45.4 Å². The molecule has 0 aliphatic carbocycles. The molecule has 2 rings (SSSR count). The van der Waals surface area contributed by atoms with Crippen LogP contribution < -0.4 is 32.2 Å². The molecule has 1 heterocycles. The molecule has 0 radical (unpaired) electrons. The van der Waals surface area contributed by atoms with E-state index in [4.69, 9.17) is 16.2 Å². The summed E-state index contributed by atoms with van der Waals surface area (Å²) in [6.07, 6.45) is 4.59. The van der Waals surface area contributed by atoms with Crippen LogP contribution in [0.5, 0.6) is 5.75 Å². The Balaban J connectivity index is 1.78. The Kier molecular flexibility index (Phi) is 11.9. The first-order valence-corrected chi connectivity index (χ1v) is 12.2. The molecule has 2 aromatic rings. The second-order valence-electron chi connectivity index (χ2n) is 8.78. The van der Waals surface area contributed by atoms with Gasteiger partial charge in [-0.1, -0.05) is 12.5 Å². The number of carboxylic acid groups (broad SMARTS) is 1. The Morgan fingerprint density at radius 2 is 1.94 bits per heavy atom. The third kappa shape index (κ3) is 9.31. The summed E-state index contributed by atoms with van der Waals surface area (Å²) >= 11 is 0. The Bertz CT molecular complexity index is 1020. The van der Waals surface area contributed by atoms with E-state index in [0.717, 1.165) is 35.2 Å². The first kappa shape index (κ1) is 28.8. The van der Waals surface area contributed by atoms with E-state index >= 15 is 0 Å². The van der Waals surface area contributed by atoms with Crippen molar-refractivity contribution >= 4 is 34.4 Å². The molecule has 198 valence electrons. The number of unbranched alkanes of at least 4 members (excludes halogenated alkanes) is 1. The van der Waals surface area contributed by atoms with Crippen molar-refractivity contribution in [1.29, 1.82) is 0 Å². The maximum atomic E-state index is 12.3. The van der Waals surface area contributed by atoms with Gasteiger partial charge in [0.1, 0.15) is 11.8 Å². The average Bonchev–Trinajstić information content (AvgIpc) is 2.86.